The Labute approximate surface area is 170 Å². The number of aromatic nitrogens is 1. The minimum atomic E-state index is -0.125. The summed E-state index contributed by atoms with van der Waals surface area (Å²) < 4.78 is 0. The molecular formula is C22H26NO2Pt-. The minimum absolute atomic E-state index is 0. The molecule has 0 spiro atoms. The van der Waals surface area contributed by atoms with Crippen LogP contribution in [0.15, 0.2) is 48.4 Å². The molecule has 1 aromatic heterocycles. The summed E-state index contributed by atoms with van der Waals surface area (Å²) >= 11 is 0. The molecule has 0 atom stereocenters. The van der Waals surface area contributed by atoms with Gasteiger partial charge in [-0.1, -0.05) is 39.3 Å². The van der Waals surface area contributed by atoms with Crippen molar-refractivity contribution in [3.05, 3.63) is 65.6 Å². The van der Waals surface area contributed by atoms with E-state index in [9.17, 15) is 4.79 Å². The van der Waals surface area contributed by atoms with Gasteiger partial charge in [-0.25, -0.2) is 0 Å². The molecule has 0 amide bonds. The van der Waals surface area contributed by atoms with Crippen molar-refractivity contribution in [1.82, 2.24) is 4.98 Å². The van der Waals surface area contributed by atoms with Gasteiger partial charge in [-0.2, -0.15) is 0 Å². The third-order valence-electron chi connectivity index (χ3n) is 5.22. The summed E-state index contributed by atoms with van der Waals surface area (Å²) in [7, 11) is 0. The average Bonchev–Trinajstić information content (AvgIpc) is 2.53. The zero-order valence-electron chi connectivity index (χ0n) is 16.2. The van der Waals surface area contributed by atoms with Gasteiger partial charge in [-0.3, -0.25) is 4.79 Å². The fourth-order valence-corrected chi connectivity index (χ4v) is 3.23. The van der Waals surface area contributed by atoms with Crippen LogP contribution in [0, 0.1) is 6.07 Å². The third kappa shape index (κ3) is 4.15. The van der Waals surface area contributed by atoms with Gasteiger partial charge in [-0.15, -0.1) is 35.4 Å². The van der Waals surface area contributed by atoms with Crippen molar-refractivity contribution in [2.75, 3.05) is 0 Å². The molecule has 1 N–H and O–H groups in total. The van der Waals surface area contributed by atoms with Crippen molar-refractivity contribution in [1.29, 1.82) is 0 Å². The number of hydrogen-bond donors (Lipinski definition) is 1. The molecule has 2 aromatic rings. The molecule has 3 rings (SSSR count). The van der Waals surface area contributed by atoms with E-state index in [-0.39, 0.29) is 43.4 Å². The number of carbonyl (C=O) groups is 1. The number of ketones is 1. The van der Waals surface area contributed by atoms with Crippen LogP contribution >= 0.6 is 0 Å². The summed E-state index contributed by atoms with van der Waals surface area (Å²) in [6.07, 6.45) is 3.04. The van der Waals surface area contributed by atoms with Gasteiger partial charge < -0.3 is 10.1 Å². The molecule has 1 aromatic carbocycles. The van der Waals surface area contributed by atoms with Crippen LogP contribution in [0.2, 0.25) is 0 Å². The zero-order chi connectivity index (χ0) is 18.8. The van der Waals surface area contributed by atoms with Crippen molar-refractivity contribution in [2.24, 2.45) is 0 Å². The van der Waals surface area contributed by atoms with E-state index >= 15 is 0 Å². The molecule has 0 saturated carbocycles. The standard InChI is InChI=1S/C17H18N.C5H8O2.Pt/c1-16(2)13-9-6-5-8-12(13)15-14(17(16,3)4)10-7-11-18-15;1-4(6)3-5(2)7;/h5-7,9-11H,1-4H3;3,6H,1-2H3;/q-1;;/b;4-3-;. The monoisotopic (exact) mass is 531 g/mol. The van der Waals surface area contributed by atoms with Crippen molar-refractivity contribution >= 4 is 5.78 Å². The number of benzene rings is 1. The Kier molecular flexibility index (Phi) is 7.13. The van der Waals surface area contributed by atoms with Crippen LogP contribution in [0.4, 0.5) is 0 Å². The summed E-state index contributed by atoms with van der Waals surface area (Å²) in [5.41, 5.74) is 5.08. The largest absolute Gasteiger partial charge is 0.512 e. The molecule has 0 aliphatic heterocycles. The Morgan fingerprint density at radius 2 is 1.65 bits per heavy atom. The van der Waals surface area contributed by atoms with Crippen LogP contribution in [-0.4, -0.2) is 15.9 Å². The number of carbonyl (C=O) groups excluding carboxylic acids is 1. The molecule has 0 fully saturated rings. The number of allylic oxidation sites excluding steroid dienone is 2. The van der Waals surface area contributed by atoms with E-state index in [1.807, 2.05) is 18.3 Å². The second-order valence-corrected chi connectivity index (χ2v) is 7.50. The van der Waals surface area contributed by atoms with Crippen molar-refractivity contribution in [3.8, 4) is 11.3 Å². The van der Waals surface area contributed by atoms with E-state index < -0.39 is 0 Å². The molecule has 0 unspecified atom stereocenters. The zero-order valence-corrected chi connectivity index (χ0v) is 18.4. The van der Waals surface area contributed by atoms with Crippen LogP contribution in [0.25, 0.3) is 11.3 Å². The maximum Gasteiger partial charge on any atom is 0.155 e. The van der Waals surface area contributed by atoms with Gasteiger partial charge in [0.1, 0.15) is 0 Å². The quantitative estimate of drug-likeness (QED) is 0.315. The first-order valence-electron chi connectivity index (χ1n) is 8.44. The van der Waals surface area contributed by atoms with E-state index in [1.165, 1.54) is 31.1 Å². The Hall–Kier alpha value is -1.73. The summed E-state index contributed by atoms with van der Waals surface area (Å²) in [6, 6.07) is 13.9. The molecule has 1 heterocycles. The molecule has 0 radical (unpaired) electrons. The number of fused-ring (bicyclic) bond motifs is 3. The number of pyridine rings is 1. The SMILES string of the molecule is CC(=O)/C=C(/C)O.CC1(C)c2ccc[c-]c2-c2ncccc2C1(C)C.[Pt]. The van der Waals surface area contributed by atoms with Crippen LogP contribution in [0.1, 0.15) is 52.7 Å². The number of aliphatic hydroxyl groups is 1. The predicted octanol–water partition coefficient (Wildman–Crippen LogP) is 5.15. The normalized spacial score (nSPS) is 16.2. The Bertz CT molecular complexity index is 763. The van der Waals surface area contributed by atoms with Gasteiger partial charge in [0.15, 0.2) is 5.78 Å². The fraction of sp³-hybridized carbons (Fsp3) is 0.364. The van der Waals surface area contributed by atoms with Gasteiger partial charge in [0, 0.05) is 33.3 Å². The number of rotatable bonds is 1. The molecule has 142 valence electrons. The fourth-order valence-electron chi connectivity index (χ4n) is 3.23. The topological polar surface area (TPSA) is 50.2 Å². The summed E-state index contributed by atoms with van der Waals surface area (Å²) in [4.78, 5) is 14.6. The maximum absolute atomic E-state index is 10.0. The molecule has 1 aliphatic rings. The number of nitrogens with zero attached hydrogens (tertiary/aromatic N) is 1. The Morgan fingerprint density at radius 3 is 2.19 bits per heavy atom. The maximum atomic E-state index is 10.0. The Morgan fingerprint density at radius 1 is 1.08 bits per heavy atom. The molecule has 3 nitrogen and oxygen atoms in total. The van der Waals surface area contributed by atoms with Gasteiger partial charge in [0.25, 0.3) is 0 Å². The second-order valence-electron chi connectivity index (χ2n) is 7.50. The summed E-state index contributed by atoms with van der Waals surface area (Å²) in [5, 5.41) is 8.36. The van der Waals surface area contributed by atoms with Gasteiger partial charge in [-0.05, 0) is 36.4 Å². The van der Waals surface area contributed by atoms with Crippen LogP contribution in [0.5, 0.6) is 0 Å². The predicted molar refractivity (Wildman–Crippen MR) is 102 cm³/mol. The van der Waals surface area contributed by atoms with Crippen molar-refractivity contribution in [2.45, 2.75) is 52.4 Å². The van der Waals surface area contributed by atoms with E-state index in [0.29, 0.717) is 0 Å². The van der Waals surface area contributed by atoms with Crippen molar-refractivity contribution < 1.29 is 31.0 Å². The summed E-state index contributed by atoms with van der Waals surface area (Å²) in [6.45, 7) is 12.1. The molecular weight excluding hydrogens is 505 g/mol. The third-order valence-corrected chi connectivity index (χ3v) is 5.22. The summed E-state index contributed by atoms with van der Waals surface area (Å²) in [5.74, 6) is -0.0625. The van der Waals surface area contributed by atoms with E-state index in [4.69, 9.17) is 5.11 Å². The first-order valence-corrected chi connectivity index (χ1v) is 8.44. The van der Waals surface area contributed by atoms with Gasteiger partial charge in [0.2, 0.25) is 0 Å². The van der Waals surface area contributed by atoms with E-state index in [1.54, 1.807) is 0 Å². The average molecular weight is 532 g/mol. The van der Waals surface area contributed by atoms with Gasteiger partial charge >= 0.3 is 0 Å². The second kappa shape index (κ2) is 8.31. The van der Waals surface area contributed by atoms with E-state index in [0.717, 1.165) is 11.3 Å². The molecule has 0 bridgehead atoms. The Balaban J connectivity index is 0.000000366. The molecule has 1 aliphatic carbocycles. The minimum Gasteiger partial charge on any atom is -0.512 e. The molecule has 0 saturated heterocycles. The van der Waals surface area contributed by atoms with Crippen molar-refractivity contribution in [3.63, 3.8) is 0 Å². The first-order chi connectivity index (χ1) is 11.6. The van der Waals surface area contributed by atoms with Gasteiger partial charge in [0.05, 0.1) is 5.76 Å². The van der Waals surface area contributed by atoms with Crippen LogP contribution in [-0.2, 0) is 36.7 Å². The first kappa shape index (κ1) is 22.3. The number of aliphatic hydroxyl groups excluding tert-OH is 1. The number of hydrogen-bond acceptors (Lipinski definition) is 3. The smallest absolute Gasteiger partial charge is 0.155 e. The van der Waals surface area contributed by atoms with E-state index in [2.05, 4.69) is 56.9 Å². The van der Waals surface area contributed by atoms with Crippen LogP contribution < -0.4 is 0 Å². The molecule has 4 heteroatoms. The molecule has 26 heavy (non-hydrogen) atoms. The van der Waals surface area contributed by atoms with Crippen LogP contribution in [0.3, 0.4) is 0 Å².